The first-order valence-corrected chi connectivity index (χ1v) is 13.4. The van der Waals surface area contributed by atoms with Crippen LogP contribution in [-0.4, -0.2) is 12.1 Å². The lowest BCUT2D eigenvalue weighted by molar-refractivity contribution is -0.141. The molecule has 186 valence electrons. The second-order valence-corrected chi connectivity index (χ2v) is 9.15. The first-order valence-electron chi connectivity index (χ1n) is 13.4. The van der Waals surface area contributed by atoms with Gasteiger partial charge in [-0.25, -0.2) is 4.79 Å². The zero-order valence-electron chi connectivity index (χ0n) is 21.6. The number of carbonyl (C=O) groups is 1. The topological polar surface area (TPSA) is 35.5 Å². The molecular formula is C29H52O3. The van der Waals surface area contributed by atoms with E-state index < -0.39 is 5.97 Å². The van der Waals surface area contributed by atoms with Crippen molar-refractivity contribution in [1.29, 1.82) is 0 Å². The SMILES string of the molecule is C=C(OC(=O)C(=C)C)OC(/C=C/CCCCCCCCC)CCCCCCCCCCC. The van der Waals surface area contributed by atoms with Gasteiger partial charge < -0.3 is 9.47 Å². The maximum Gasteiger partial charge on any atom is 0.340 e. The van der Waals surface area contributed by atoms with Crippen molar-refractivity contribution in [1.82, 2.24) is 0 Å². The smallest absolute Gasteiger partial charge is 0.340 e. The minimum Gasteiger partial charge on any atom is -0.458 e. The molecule has 0 bridgehead atoms. The van der Waals surface area contributed by atoms with E-state index in [0.29, 0.717) is 5.57 Å². The van der Waals surface area contributed by atoms with Crippen molar-refractivity contribution < 1.29 is 14.3 Å². The molecule has 0 fully saturated rings. The van der Waals surface area contributed by atoms with Crippen molar-refractivity contribution in [2.75, 3.05) is 0 Å². The van der Waals surface area contributed by atoms with Gasteiger partial charge in [-0.3, -0.25) is 0 Å². The van der Waals surface area contributed by atoms with Gasteiger partial charge in [0.1, 0.15) is 6.10 Å². The van der Waals surface area contributed by atoms with E-state index >= 15 is 0 Å². The average Bonchev–Trinajstić information content (AvgIpc) is 2.76. The largest absolute Gasteiger partial charge is 0.458 e. The summed E-state index contributed by atoms with van der Waals surface area (Å²) in [5, 5.41) is 0. The molecule has 0 amide bonds. The van der Waals surface area contributed by atoms with E-state index in [1.165, 1.54) is 96.3 Å². The first-order chi connectivity index (χ1) is 15.5. The van der Waals surface area contributed by atoms with Crippen LogP contribution in [0.25, 0.3) is 0 Å². The van der Waals surface area contributed by atoms with Crippen LogP contribution in [0.5, 0.6) is 0 Å². The predicted octanol–water partition coefficient (Wildman–Crippen LogP) is 9.58. The van der Waals surface area contributed by atoms with Crippen LogP contribution >= 0.6 is 0 Å². The Balaban J connectivity index is 4.23. The van der Waals surface area contributed by atoms with Crippen LogP contribution in [0, 0.1) is 0 Å². The Hall–Kier alpha value is -1.51. The van der Waals surface area contributed by atoms with Gasteiger partial charge in [-0.15, -0.1) is 0 Å². The number of rotatable bonds is 23. The molecule has 0 spiro atoms. The molecule has 3 heteroatoms. The van der Waals surface area contributed by atoms with Gasteiger partial charge in [-0.1, -0.05) is 116 Å². The van der Waals surface area contributed by atoms with Gasteiger partial charge in [0.05, 0.1) is 0 Å². The van der Waals surface area contributed by atoms with Crippen molar-refractivity contribution in [2.45, 2.75) is 142 Å². The number of allylic oxidation sites excluding steroid dienone is 1. The van der Waals surface area contributed by atoms with Gasteiger partial charge in [0.25, 0.3) is 5.95 Å². The van der Waals surface area contributed by atoms with Crippen LogP contribution < -0.4 is 0 Å². The Morgan fingerprint density at radius 3 is 1.72 bits per heavy atom. The monoisotopic (exact) mass is 448 g/mol. The van der Waals surface area contributed by atoms with Gasteiger partial charge in [0.15, 0.2) is 0 Å². The van der Waals surface area contributed by atoms with Crippen molar-refractivity contribution in [3.8, 4) is 0 Å². The lowest BCUT2D eigenvalue weighted by atomic mass is 10.0. The average molecular weight is 449 g/mol. The molecule has 0 aliphatic heterocycles. The fourth-order valence-electron chi connectivity index (χ4n) is 3.70. The van der Waals surface area contributed by atoms with E-state index in [1.807, 2.05) is 0 Å². The van der Waals surface area contributed by atoms with Crippen LogP contribution in [0.1, 0.15) is 136 Å². The summed E-state index contributed by atoms with van der Waals surface area (Å²) in [4.78, 5) is 11.7. The Bertz CT molecular complexity index is 507. The molecule has 0 rings (SSSR count). The molecule has 0 saturated heterocycles. The van der Waals surface area contributed by atoms with Gasteiger partial charge in [-0.05, 0) is 45.3 Å². The van der Waals surface area contributed by atoms with Crippen molar-refractivity contribution in [3.05, 3.63) is 36.8 Å². The third-order valence-corrected chi connectivity index (χ3v) is 5.76. The van der Waals surface area contributed by atoms with E-state index in [2.05, 4.69) is 39.2 Å². The molecule has 0 aromatic heterocycles. The molecule has 0 N–H and O–H groups in total. The lowest BCUT2D eigenvalue weighted by Crippen LogP contribution is -2.14. The minimum atomic E-state index is -0.483. The summed E-state index contributed by atoms with van der Waals surface area (Å²) in [6.07, 6.45) is 27.2. The summed E-state index contributed by atoms with van der Waals surface area (Å²) in [7, 11) is 0. The summed E-state index contributed by atoms with van der Waals surface area (Å²) in [5.41, 5.74) is 0.347. The zero-order valence-corrected chi connectivity index (χ0v) is 21.6. The number of esters is 1. The number of hydrogen-bond donors (Lipinski definition) is 0. The van der Waals surface area contributed by atoms with Crippen LogP contribution in [-0.2, 0) is 14.3 Å². The van der Waals surface area contributed by atoms with Crippen LogP contribution in [0.3, 0.4) is 0 Å². The third kappa shape index (κ3) is 20.4. The fourth-order valence-corrected chi connectivity index (χ4v) is 3.70. The molecular weight excluding hydrogens is 396 g/mol. The van der Waals surface area contributed by atoms with Gasteiger partial charge in [0.2, 0.25) is 0 Å². The summed E-state index contributed by atoms with van der Waals surface area (Å²) in [6, 6.07) is 0. The highest BCUT2D eigenvalue weighted by Gasteiger charge is 2.12. The number of unbranched alkanes of at least 4 members (excludes halogenated alkanes) is 15. The molecule has 1 unspecified atom stereocenters. The van der Waals surface area contributed by atoms with Gasteiger partial charge >= 0.3 is 5.97 Å². The standard InChI is InChI=1S/C29H52O3/c1-6-8-10-12-14-16-18-20-22-24-28(31-27(5)32-29(30)26(3)4)25-23-21-19-17-15-13-11-9-7-2/h22,24,28H,3,5-21,23,25H2,1-2,4H3/b24-22+. The maximum atomic E-state index is 11.7. The third-order valence-electron chi connectivity index (χ3n) is 5.76. The normalized spacial score (nSPS) is 12.1. The Morgan fingerprint density at radius 2 is 1.22 bits per heavy atom. The summed E-state index contributed by atoms with van der Waals surface area (Å²) in [6.45, 7) is 13.5. The predicted molar refractivity (Wildman–Crippen MR) is 139 cm³/mol. The maximum absolute atomic E-state index is 11.7. The van der Waals surface area contributed by atoms with E-state index in [9.17, 15) is 4.79 Å². The van der Waals surface area contributed by atoms with E-state index in [4.69, 9.17) is 9.47 Å². The summed E-state index contributed by atoms with van der Waals surface area (Å²) in [5.74, 6) is -0.414. The minimum absolute atomic E-state index is 0.0690. The molecule has 0 saturated carbocycles. The number of hydrogen-bond acceptors (Lipinski definition) is 3. The van der Waals surface area contributed by atoms with Crippen LogP contribution in [0.15, 0.2) is 36.8 Å². The fraction of sp³-hybridized carbons (Fsp3) is 0.759. The molecule has 1 atom stereocenters. The highest BCUT2D eigenvalue weighted by Crippen LogP contribution is 2.16. The van der Waals surface area contributed by atoms with Gasteiger partial charge in [-0.2, -0.15) is 0 Å². The second-order valence-electron chi connectivity index (χ2n) is 9.15. The van der Waals surface area contributed by atoms with Crippen molar-refractivity contribution in [3.63, 3.8) is 0 Å². The first kappa shape index (κ1) is 30.5. The highest BCUT2D eigenvalue weighted by molar-refractivity contribution is 5.87. The molecule has 0 heterocycles. The van der Waals surface area contributed by atoms with E-state index in [-0.39, 0.29) is 12.0 Å². The Labute approximate surface area is 199 Å². The molecule has 3 nitrogen and oxygen atoms in total. The van der Waals surface area contributed by atoms with Crippen molar-refractivity contribution >= 4 is 5.97 Å². The quantitative estimate of drug-likeness (QED) is 0.0513. The van der Waals surface area contributed by atoms with Crippen LogP contribution in [0.2, 0.25) is 0 Å². The molecule has 0 aromatic carbocycles. The van der Waals surface area contributed by atoms with Gasteiger partial charge in [0, 0.05) is 5.57 Å². The summed E-state index contributed by atoms with van der Waals surface area (Å²) >= 11 is 0. The number of carbonyl (C=O) groups excluding carboxylic acids is 1. The Kier molecular flexibility index (Phi) is 21.6. The number of ether oxygens (including phenoxy) is 2. The van der Waals surface area contributed by atoms with E-state index in [0.717, 1.165) is 19.3 Å². The molecule has 0 aliphatic carbocycles. The Morgan fingerprint density at radius 1 is 0.750 bits per heavy atom. The molecule has 0 aliphatic rings. The zero-order chi connectivity index (χ0) is 23.9. The molecule has 32 heavy (non-hydrogen) atoms. The van der Waals surface area contributed by atoms with Crippen LogP contribution in [0.4, 0.5) is 0 Å². The molecule has 0 radical (unpaired) electrons. The second kappa shape index (κ2) is 22.7. The van der Waals surface area contributed by atoms with E-state index in [1.54, 1.807) is 6.92 Å². The highest BCUT2D eigenvalue weighted by atomic mass is 16.7. The molecule has 0 aromatic rings. The summed E-state index contributed by atoms with van der Waals surface area (Å²) < 4.78 is 11.0. The van der Waals surface area contributed by atoms with Crippen molar-refractivity contribution in [2.24, 2.45) is 0 Å². The lowest BCUT2D eigenvalue weighted by Gasteiger charge is -2.17.